The maximum atomic E-state index is 14.2. The molecule has 0 aliphatic carbocycles. The zero-order valence-corrected chi connectivity index (χ0v) is 16.6. The topological polar surface area (TPSA) is 82.4 Å². The van der Waals surface area contributed by atoms with Gasteiger partial charge >= 0.3 is 0 Å². The minimum atomic E-state index is -1.10. The first-order chi connectivity index (χ1) is 14.9. The van der Waals surface area contributed by atoms with Crippen LogP contribution in [-0.4, -0.2) is 23.7 Å². The predicted molar refractivity (Wildman–Crippen MR) is 115 cm³/mol. The number of rotatable bonds is 8. The summed E-state index contributed by atoms with van der Waals surface area (Å²) in [5, 5.41) is 21.1. The highest BCUT2D eigenvalue weighted by Crippen LogP contribution is 2.27. The Hall–Kier alpha value is -4.00. The predicted octanol–water partition coefficient (Wildman–Crippen LogP) is 5.31. The van der Waals surface area contributed by atoms with E-state index in [2.05, 4.69) is 5.32 Å². The molecule has 3 aromatic carbocycles. The van der Waals surface area contributed by atoms with Crippen LogP contribution in [0.2, 0.25) is 0 Å². The molecule has 0 amide bonds. The standard InChI is InChI=1S/C24H20F2N2O3/c1-31-18-6-4-5-17(13-18)28-23(15-9-11-16(25)12-10-15)24(30)22(27)20(14-29)19-7-2-3-8-21(19)26/h2-14,23,27-29H,1H3/b20-14-,27-22?. The van der Waals surface area contributed by atoms with E-state index in [-0.39, 0.29) is 11.1 Å². The fourth-order valence-corrected chi connectivity index (χ4v) is 3.06. The van der Waals surface area contributed by atoms with Crippen molar-refractivity contribution in [2.24, 2.45) is 0 Å². The van der Waals surface area contributed by atoms with Gasteiger partial charge in [0.2, 0.25) is 5.78 Å². The molecule has 0 saturated heterocycles. The summed E-state index contributed by atoms with van der Waals surface area (Å²) in [6.45, 7) is 0. The zero-order chi connectivity index (χ0) is 22.4. The molecule has 0 aliphatic rings. The number of aliphatic hydroxyl groups is 1. The van der Waals surface area contributed by atoms with Crippen LogP contribution in [-0.2, 0) is 4.79 Å². The van der Waals surface area contributed by atoms with Gasteiger partial charge in [0.25, 0.3) is 0 Å². The van der Waals surface area contributed by atoms with Crippen molar-refractivity contribution in [1.29, 1.82) is 5.41 Å². The number of ether oxygens (including phenoxy) is 1. The first-order valence-corrected chi connectivity index (χ1v) is 9.33. The van der Waals surface area contributed by atoms with Gasteiger partial charge in [0.1, 0.15) is 29.1 Å². The molecule has 0 bridgehead atoms. The molecule has 1 unspecified atom stereocenters. The number of anilines is 1. The number of Topliss-reactive ketones (excluding diaryl/α,β-unsaturated/α-hetero) is 1. The van der Waals surface area contributed by atoms with Gasteiger partial charge in [-0.25, -0.2) is 8.78 Å². The fourth-order valence-electron chi connectivity index (χ4n) is 3.06. The molecule has 158 valence electrons. The molecule has 0 spiro atoms. The average Bonchev–Trinajstić information content (AvgIpc) is 2.79. The summed E-state index contributed by atoms with van der Waals surface area (Å²) in [5.74, 6) is -1.35. The second kappa shape index (κ2) is 9.67. The van der Waals surface area contributed by atoms with E-state index in [1.807, 2.05) is 0 Å². The Balaban J connectivity index is 1.99. The lowest BCUT2D eigenvalue weighted by Gasteiger charge is -2.21. The third kappa shape index (κ3) is 4.95. The summed E-state index contributed by atoms with van der Waals surface area (Å²) in [5.41, 5.74) is -0.0254. The van der Waals surface area contributed by atoms with Crippen LogP contribution in [0.1, 0.15) is 17.2 Å². The highest BCUT2D eigenvalue weighted by Gasteiger charge is 2.28. The zero-order valence-electron chi connectivity index (χ0n) is 16.6. The van der Waals surface area contributed by atoms with Crippen molar-refractivity contribution in [2.75, 3.05) is 12.4 Å². The Bertz CT molecular complexity index is 1130. The van der Waals surface area contributed by atoms with Gasteiger partial charge in [-0.3, -0.25) is 10.2 Å². The summed E-state index contributed by atoms with van der Waals surface area (Å²) >= 11 is 0. The number of methoxy groups -OCH3 is 1. The van der Waals surface area contributed by atoms with Crippen LogP contribution < -0.4 is 10.1 Å². The highest BCUT2D eigenvalue weighted by molar-refractivity contribution is 6.56. The molecule has 0 saturated carbocycles. The van der Waals surface area contributed by atoms with E-state index in [1.165, 1.54) is 55.6 Å². The first-order valence-electron chi connectivity index (χ1n) is 9.33. The minimum absolute atomic E-state index is 0.0809. The number of hydrogen-bond donors (Lipinski definition) is 3. The Morgan fingerprint density at radius 1 is 1.06 bits per heavy atom. The van der Waals surface area contributed by atoms with Crippen molar-refractivity contribution < 1.29 is 23.4 Å². The summed E-state index contributed by atoms with van der Waals surface area (Å²) in [4.78, 5) is 13.3. The van der Waals surface area contributed by atoms with Crippen molar-refractivity contribution >= 4 is 22.8 Å². The van der Waals surface area contributed by atoms with Gasteiger partial charge in [0.15, 0.2) is 0 Å². The number of ketones is 1. The van der Waals surface area contributed by atoms with Gasteiger partial charge in [0.05, 0.1) is 13.4 Å². The second-order valence-electron chi connectivity index (χ2n) is 6.62. The fraction of sp³-hybridized carbons (Fsp3) is 0.0833. The largest absolute Gasteiger partial charge is 0.515 e. The Labute approximate surface area is 178 Å². The van der Waals surface area contributed by atoms with Crippen molar-refractivity contribution in [2.45, 2.75) is 6.04 Å². The van der Waals surface area contributed by atoms with Crippen LogP contribution in [0.15, 0.2) is 79.1 Å². The summed E-state index contributed by atoms with van der Waals surface area (Å²) in [6, 6.07) is 16.5. The molecule has 7 heteroatoms. The number of benzene rings is 3. The van der Waals surface area contributed by atoms with E-state index < -0.39 is 29.2 Å². The SMILES string of the molecule is COc1cccc(NC(C(=O)C(=N)/C(=C\O)c2ccccc2F)c2ccc(F)cc2)c1. The third-order valence-corrected chi connectivity index (χ3v) is 4.66. The number of carbonyl (C=O) groups excluding carboxylic acids is 1. The molecule has 0 heterocycles. The quantitative estimate of drug-likeness (QED) is 0.339. The minimum Gasteiger partial charge on any atom is -0.515 e. The van der Waals surface area contributed by atoms with E-state index in [0.717, 1.165) is 0 Å². The van der Waals surface area contributed by atoms with E-state index in [9.17, 15) is 18.7 Å². The van der Waals surface area contributed by atoms with Gasteiger partial charge in [-0.05, 0) is 35.9 Å². The molecule has 3 aromatic rings. The lowest BCUT2D eigenvalue weighted by Crippen LogP contribution is -2.28. The number of carbonyl (C=O) groups is 1. The van der Waals surface area contributed by atoms with Crippen molar-refractivity contribution in [1.82, 2.24) is 0 Å². The van der Waals surface area contributed by atoms with E-state index in [4.69, 9.17) is 10.1 Å². The molecular weight excluding hydrogens is 402 g/mol. The molecule has 31 heavy (non-hydrogen) atoms. The lowest BCUT2D eigenvalue weighted by molar-refractivity contribution is -0.113. The number of aliphatic hydroxyl groups excluding tert-OH is 1. The smallest absolute Gasteiger partial charge is 0.207 e. The van der Waals surface area contributed by atoms with E-state index >= 15 is 0 Å². The van der Waals surface area contributed by atoms with Crippen LogP contribution in [0.4, 0.5) is 14.5 Å². The molecular formula is C24H20F2N2O3. The maximum Gasteiger partial charge on any atom is 0.207 e. The lowest BCUT2D eigenvalue weighted by atomic mass is 9.92. The van der Waals surface area contributed by atoms with Crippen LogP contribution in [0.3, 0.4) is 0 Å². The van der Waals surface area contributed by atoms with Gasteiger partial charge < -0.3 is 15.2 Å². The van der Waals surface area contributed by atoms with Crippen LogP contribution in [0, 0.1) is 17.0 Å². The average molecular weight is 422 g/mol. The maximum absolute atomic E-state index is 14.2. The highest BCUT2D eigenvalue weighted by atomic mass is 19.1. The van der Waals surface area contributed by atoms with Crippen LogP contribution in [0.25, 0.3) is 5.57 Å². The Morgan fingerprint density at radius 3 is 2.42 bits per heavy atom. The summed E-state index contributed by atoms with van der Waals surface area (Å²) < 4.78 is 32.8. The molecule has 0 aromatic heterocycles. The first kappa shape index (κ1) is 21.7. The number of hydrogen-bond acceptors (Lipinski definition) is 5. The second-order valence-corrected chi connectivity index (χ2v) is 6.62. The van der Waals surface area contributed by atoms with Gasteiger partial charge in [-0.15, -0.1) is 0 Å². The summed E-state index contributed by atoms with van der Waals surface area (Å²) in [7, 11) is 1.50. The molecule has 3 rings (SSSR count). The number of nitrogens with one attached hydrogen (secondary N) is 2. The van der Waals surface area contributed by atoms with Gasteiger partial charge in [0, 0.05) is 22.9 Å². The van der Waals surface area contributed by atoms with Crippen LogP contribution >= 0.6 is 0 Å². The van der Waals surface area contributed by atoms with E-state index in [1.54, 1.807) is 24.3 Å². The van der Waals surface area contributed by atoms with Gasteiger partial charge in [-0.1, -0.05) is 36.4 Å². The Morgan fingerprint density at radius 2 is 1.77 bits per heavy atom. The molecule has 3 N–H and O–H groups in total. The third-order valence-electron chi connectivity index (χ3n) is 4.66. The Kier molecular flexibility index (Phi) is 6.77. The summed E-state index contributed by atoms with van der Waals surface area (Å²) in [6.07, 6.45) is 0.534. The van der Waals surface area contributed by atoms with Crippen molar-refractivity contribution in [3.8, 4) is 5.75 Å². The van der Waals surface area contributed by atoms with Crippen LogP contribution in [0.5, 0.6) is 5.75 Å². The molecule has 1 atom stereocenters. The molecule has 0 radical (unpaired) electrons. The van der Waals surface area contributed by atoms with E-state index in [0.29, 0.717) is 23.3 Å². The molecule has 0 fully saturated rings. The van der Waals surface area contributed by atoms with Gasteiger partial charge in [-0.2, -0.15) is 0 Å². The normalized spacial score (nSPS) is 12.2. The monoisotopic (exact) mass is 422 g/mol. The van der Waals surface area contributed by atoms with Crippen molar-refractivity contribution in [3.05, 3.63) is 102 Å². The number of halogens is 2. The number of allylic oxidation sites excluding steroid dienone is 1. The molecule has 0 aliphatic heterocycles. The van der Waals surface area contributed by atoms with Crippen molar-refractivity contribution in [3.63, 3.8) is 0 Å². The molecule has 5 nitrogen and oxygen atoms in total.